The number of aromatic nitrogens is 3. The molecule has 0 aliphatic heterocycles. The zero-order valence-electron chi connectivity index (χ0n) is 17.0. The average molecular weight is 413 g/mol. The average Bonchev–Trinajstić information content (AvgIpc) is 3.05. The highest BCUT2D eigenvalue weighted by atomic mass is 35.5. The van der Waals surface area contributed by atoms with Crippen molar-refractivity contribution >= 4 is 40.3 Å². The van der Waals surface area contributed by atoms with E-state index in [1.807, 2.05) is 48.0 Å². The molecule has 7 nitrogen and oxygen atoms in total. The van der Waals surface area contributed by atoms with Crippen LogP contribution in [0.25, 0.3) is 5.70 Å². The van der Waals surface area contributed by atoms with Gasteiger partial charge in [0.2, 0.25) is 0 Å². The highest BCUT2D eigenvalue weighted by Gasteiger charge is 2.12. The Morgan fingerprint density at radius 2 is 1.93 bits per heavy atom. The van der Waals surface area contributed by atoms with Crippen LogP contribution in [0.2, 0.25) is 5.02 Å². The molecule has 0 amide bonds. The van der Waals surface area contributed by atoms with E-state index in [1.165, 1.54) is 0 Å². The molecular formula is C21H25ClN6O. The smallest absolute Gasteiger partial charge is 0.133 e. The van der Waals surface area contributed by atoms with Crippen LogP contribution in [0.5, 0.6) is 0 Å². The van der Waals surface area contributed by atoms with Crippen molar-refractivity contribution in [1.82, 2.24) is 20.2 Å². The van der Waals surface area contributed by atoms with Crippen LogP contribution in [-0.4, -0.2) is 21.9 Å². The van der Waals surface area contributed by atoms with E-state index in [4.69, 9.17) is 16.4 Å². The van der Waals surface area contributed by atoms with Crippen LogP contribution in [0.3, 0.4) is 0 Å². The summed E-state index contributed by atoms with van der Waals surface area (Å²) in [7, 11) is 1.54. The molecule has 0 aliphatic carbocycles. The fourth-order valence-electron chi connectivity index (χ4n) is 2.92. The van der Waals surface area contributed by atoms with E-state index < -0.39 is 0 Å². The molecule has 0 aliphatic rings. The Kier molecular flexibility index (Phi) is 6.41. The molecule has 1 aromatic carbocycles. The third-order valence-corrected chi connectivity index (χ3v) is 4.51. The fourth-order valence-corrected chi connectivity index (χ4v) is 3.07. The van der Waals surface area contributed by atoms with Gasteiger partial charge in [0, 0.05) is 29.4 Å². The third kappa shape index (κ3) is 4.88. The number of rotatable bonds is 8. The van der Waals surface area contributed by atoms with Gasteiger partial charge < -0.3 is 10.6 Å². The first-order chi connectivity index (χ1) is 13.9. The van der Waals surface area contributed by atoms with Crippen molar-refractivity contribution in [2.45, 2.75) is 26.8 Å². The number of hydrogen-bond donors (Lipinski definition) is 3. The second-order valence-corrected chi connectivity index (χ2v) is 7.25. The number of halogens is 1. The number of para-hydroxylation sites is 1. The van der Waals surface area contributed by atoms with Crippen molar-refractivity contribution in [3.05, 3.63) is 65.5 Å². The first-order valence-corrected chi connectivity index (χ1v) is 9.60. The van der Waals surface area contributed by atoms with Crippen molar-refractivity contribution < 1.29 is 4.84 Å². The molecule has 0 bridgehead atoms. The summed E-state index contributed by atoms with van der Waals surface area (Å²) < 4.78 is 1.93. The SMILES string of the molecule is C=C(NOC)c1ccccc1Nc1cc(Nc2cc(C)nn2C(C)C)ncc1Cl. The van der Waals surface area contributed by atoms with Gasteiger partial charge >= 0.3 is 0 Å². The molecule has 0 saturated heterocycles. The van der Waals surface area contributed by atoms with Crippen LogP contribution in [0.4, 0.5) is 23.0 Å². The first kappa shape index (κ1) is 20.7. The lowest BCUT2D eigenvalue weighted by molar-refractivity contribution is 0.137. The molecule has 0 fully saturated rings. The van der Waals surface area contributed by atoms with Crippen molar-refractivity contribution in [2.75, 3.05) is 17.7 Å². The maximum atomic E-state index is 6.39. The molecule has 0 saturated carbocycles. The Hall–Kier alpha value is -3.03. The lowest BCUT2D eigenvalue weighted by Crippen LogP contribution is -2.10. The van der Waals surface area contributed by atoms with E-state index in [0.29, 0.717) is 22.2 Å². The topological polar surface area (TPSA) is 76.0 Å². The minimum Gasteiger partial charge on any atom is -0.354 e. The number of anilines is 4. The van der Waals surface area contributed by atoms with Gasteiger partial charge in [-0.05, 0) is 26.8 Å². The monoisotopic (exact) mass is 412 g/mol. The molecular weight excluding hydrogens is 388 g/mol. The van der Waals surface area contributed by atoms with Crippen molar-refractivity contribution in [3.8, 4) is 0 Å². The molecule has 2 aromatic heterocycles. The number of aryl methyl sites for hydroxylation is 1. The third-order valence-electron chi connectivity index (χ3n) is 4.21. The van der Waals surface area contributed by atoms with E-state index in [0.717, 1.165) is 22.8 Å². The first-order valence-electron chi connectivity index (χ1n) is 9.22. The Labute approximate surface area is 175 Å². The summed E-state index contributed by atoms with van der Waals surface area (Å²) in [6, 6.07) is 11.8. The molecule has 0 radical (unpaired) electrons. The second kappa shape index (κ2) is 8.98. The number of pyridine rings is 1. The number of nitrogens with zero attached hydrogens (tertiary/aromatic N) is 3. The van der Waals surface area contributed by atoms with E-state index >= 15 is 0 Å². The van der Waals surface area contributed by atoms with Crippen LogP contribution in [-0.2, 0) is 4.84 Å². The standard InChI is InChI=1S/C21H25ClN6O/c1-13(2)28-21(10-14(3)26-28)25-20-11-19(17(22)12-23-20)24-18-9-7-6-8-16(18)15(4)27-29-5/h6-13,27H,4H2,1-3,5H3,(H2,23,24,25). The van der Waals surface area contributed by atoms with Crippen LogP contribution in [0, 0.1) is 6.92 Å². The maximum Gasteiger partial charge on any atom is 0.133 e. The van der Waals surface area contributed by atoms with E-state index in [1.54, 1.807) is 13.3 Å². The fraction of sp³-hybridized carbons (Fsp3) is 0.238. The van der Waals surface area contributed by atoms with E-state index in [-0.39, 0.29) is 6.04 Å². The molecule has 29 heavy (non-hydrogen) atoms. The van der Waals surface area contributed by atoms with E-state index in [9.17, 15) is 0 Å². The lowest BCUT2D eigenvalue weighted by Gasteiger charge is -2.16. The molecule has 3 aromatic rings. The van der Waals surface area contributed by atoms with Crippen LogP contribution >= 0.6 is 11.6 Å². The molecule has 8 heteroatoms. The quantitative estimate of drug-likeness (QED) is 0.428. The molecule has 3 rings (SSSR count). The van der Waals surface area contributed by atoms with Crippen LogP contribution < -0.4 is 16.1 Å². The lowest BCUT2D eigenvalue weighted by atomic mass is 10.1. The number of benzene rings is 1. The summed E-state index contributed by atoms with van der Waals surface area (Å²) in [6.45, 7) is 10.1. The Morgan fingerprint density at radius 1 is 1.17 bits per heavy atom. The summed E-state index contributed by atoms with van der Waals surface area (Å²) in [6.07, 6.45) is 1.61. The number of hydroxylamine groups is 1. The van der Waals surface area contributed by atoms with Gasteiger partial charge in [-0.1, -0.05) is 36.4 Å². The largest absolute Gasteiger partial charge is 0.354 e. The summed E-state index contributed by atoms with van der Waals surface area (Å²) >= 11 is 6.39. The van der Waals surface area contributed by atoms with E-state index in [2.05, 4.69) is 46.6 Å². The maximum absolute atomic E-state index is 6.39. The Morgan fingerprint density at radius 3 is 2.66 bits per heavy atom. The van der Waals surface area contributed by atoms with Crippen molar-refractivity contribution in [2.24, 2.45) is 0 Å². The normalized spacial score (nSPS) is 10.8. The Bertz CT molecular complexity index is 1010. The highest BCUT2D eigenvalue weighted by Crippen LogP contribution is 2.31. The summed E-state index contributed by atoms with van der Waals surface area (Å²) in [5.41, 5.74) is 6.76. The zero-order chi connectivity index (χ0) is 21.0. The minimum absolute atomic E-state index is 0.224. The molecule has 2 heterocycles. The van der Waals surface area contributed by atoms with Gasteiger partial charge in [0.05, 0.1) is 35.4 Å². The highest BCUT2D eigenvalue weighted by molar-refractivity contribution is 6.33. The molecule has 0 spiro atoms. The summed E-state index contributed by atoms with van der Waals surface area (Å²) in [4.78, 5) is 9.37. The van der Waals surface area contributed by atoms with Crippen molar-refractivity contribution in [1.29, 1.82) is 0 Å². The van der Waals surface area contributed by atoms with Gasteiger partial charge in [0.1, 0.15) is 11.6 Å². The van der Waals surface area contributed by atoms with Gasteiger partial charge in [-0.25, -0.2) is 9.67 Å². The molecule has 0 unspecified atom stereocenters. The molecule has 152 valence electrons. The predicted molar refractivity (Wildman–Crippen MR) is 119 cm³/mol. The number of hydrogen-bond acceptors (Lipinski definition) is 6. The minimum atomic E-state index is 0.224. The van der Waals surface area contributed by atoms with Crippen LogP contribution in [0.1, 0.15) is 31.1 Å². The summed E-state index contributed by atoms with van der Waals surface area (Å²) in [5, 5.41) is 11.7. The molecule has 0 atom stereocenters. The van der Waals surface area contributed by atoms with Gasteiger partial charge in [-0.15, -0.1) is 0 Å². The Balaban J connectivity index is 1.89. The van der Waals surface area contributed by atoms with Gasteiger partial charge in [0.25, 0.3) is 0 Å². The van der Waals surface area contributed by atoms with Gasteiger partial charge in [0.15, 0.2) is 0 Å². The summed E-state index contributed by atoms with van der Waals surface area (Å²) in [5.74, 6) is 1.53. The van der Waals surface area contributed by atoms with Crippen LogP contribution in [0.15, 0.2) is 49.2 Å². The molecule has 3 N–H and O–H groups in total. The van der Waals surface area contributed by atoms with Gasteiger partial charge in [-0.2, -0.15) is 5.10 Å². The van der Waals surface area contributed by atoms with Gasteiger partial charge in [-0.3, -0.25) is 10.3 Å². The van der Waals surface area contributed by atoms with Crippen molar-refractivity contribution in [3.63, 3.8) is 0 Å². The predicted octanol–water partition coefficient (Wildman–Crippen LogP) is 5.43. The second-order valence-electron chi connectivity index (χ2n) is 6.84. The number of nitrogens with one attached hydrogen (secondary N) is 3. The zero-order valence-corrected chi connectivity index (χ0v) is 17.7.